The molecule has 1 saturated carbocycles. The molecule has 0 saturated heterocycles. The molecule has 1 fully saturated rings. The van der Waals surface area contributed by atoms with Crippen molar-refractivity contribution < 1.29 is 0 Å². The third-order valence-corrected chi connectivity index (χ3v) is 5.57. The van der Waals surface area contributed by atoms with E-state index < -0.39 is 0 Å². The lowest BCUT2D eigenvalue weighted by Crippen LogP contribution is -2.19. The molecule has 3 aromatic rings. The molecule has 1 aliphatic carbocycles. The number of thioether (sulfide) groups is 1. The van der Waals surface area contributed by atoms with E-state index in [1.807, 2.05) is 36.0 Å². The van der Waals surface area contributed by atoms with Crippen molar-refractivity contribution in [1.29, 1.82) is 0 Å². The second-order valence-corrected chi connectivity index (χ2v) is 6.88. The van der Waals surface area contributed by atoms with Gasteiger partial charge in [0.2, 0.25) is 0 Å². The predicted molar refractivity (Wildman–Crippen MR) is 90.2 cm³/mol. The number of rotatable bonds is 5. The number of hydrogen-bond acceptors (Lipinski definition) is 5. The van der Waals surface area contributed by atoms with Crippen molar-refractivity contribution in [3.8, 4) is 11.3 Å². The van der Waals surface area contributed by atoms with Crippen molar-refractivity contribution in [2.24, 2.45) is 0 Å². The first-order valence-electron chi connectivity index (χ1n) is 7.35. The Balaban J connectivity index is 1.71. The van der Waals surface area contributed by atoms with Gasteiger partial charge in [-0.1, -0.05) is 30.3 Å². The molecule has 1 aromatic carbocycles. The summed E-state index contributed by atoms with van der Waals surface area (Å²) in [5.74, 6) is 1.57. The number of fused-ring (bicyclic) bond motifs is 1. The summed E-state index contributed by atoms with van der Waals surface area (Å²) in [6.45, 7) is 0.946. The van der Waals surface area contributed by atoms with Gasteiger partial charge in [-0.2, -0.15) is 26.4 Å². The highest BCUT2D eigenvalue weighted by Gasteiger charge is 2.41. The zero-order valence-electron chi connectivity index (χ0n) is 12.4. The Bertz CT molecular complexity index is 795. The molecule has 0 radical (unpaired) electrons. The molecule has 2 heterocycles. The molecule has 6 heteroatoms. The Kier molecular flexibility index (Phi) is 3.26. The fourth-order valence-corrected chi connectivity index (χ4v) is 3.27. The Morgan fingerprint density at radius 1 is 1.27 bits per heavy atom. The number of anilines is 1. The van der Waals surface area contributed by atoms with Gasteiger partial charge in [0.1, 0.15) is 12.1 Å². The van der Waals surface area contributed by atoms with Gasteiger partial charge < -0.3 is 5.32 Å². The van der Waals surface area contributed by atoms with Gasteiger partial charge in [-0.05, 0) is 19.1 Å². The van der Waals surface area contributed by atoms with Crippen LogP contribution in [0, 0.1) is 0 Å². The van der Waals surface area contributed by atoms with Crippen LogP contribution in [0.3, 0.4) is 0 Å². The van der Waals surface area contributed by atoms with Crippen molar-refractivity contribution in [2.45, 2.75) is 17.6 Å². The van der Waals surface area contributed by atoms with E-state index in [4.69, 9.17) is 0 Å². The highest BCUT2D eigenvalue weighted by molar-refractivity contribution is 8.00. The molecule has 112 valence electrons. The standard InChI is InChI=1S/C16H17N5S/c1-22-16(7-8-16)10-17-14-9-13(12-5-3-2-4-6-12)20-15-18-11-19-21(14)15/h2-6,9,11,17H,7-8,10H2,1H3. The molecular weight excluding hydrogens is 294 g/mol. The summed E-state index contributed by atoms with van der Waals surface area (Å²) in [5.41, 5.74) is 2.00. The number of hydrogen-bond donors (Lipinski definition) is 1. The normalized spacial score (nSPS) is 15.9. The first-order chi connectivity index (χ1) is 10.8. The minimum Gasteiger partial charge on any atom is -0.368 e. The Morgan fingerprint density at radius 2 is 2.09 bits per heavy atom. The zero-order chi connectivity index (χ0) is 15.0. The molecule has 0 aliphatic heterocycles. The van der Waals surface area contributed by atoms with E-state index in [0.717, 1.165) is 23.6 Å². The molecule has 0 atom stereocenters. The van der Waals surface area contributed by atoms with E-state index in [0.29, 0.717) is 10.5 Å². The minimum absolute atomic E-state index is 0.392. The van der Waals surface area contributed by atoms with Crippen LogP contribution < -0.4 is 5.32 Å². The number of aromatic nitrogens is 4. The molecule has 0 spiro atoms. The maximum Gasteiger partial charge on any atom is 0.254 e. The maximum atomic E-state index is 4.59. The highest BCUT2D eigenvalue weighted by atomic mass is 32.2. The summed E-state index contributed by atoms with van der Waals surface area (Å²) in [5, 5.41) is 7.81. The van der Waals surface area contributed by atoms with E-state index in [2.05, 4.69) is 38.8 Å². The topological polar surface area (TPSA) is 55.1 Å². The average Bonchev–Trinajstić information content (AvgIpc) is 3.20. The van der Waals surface area contributed by atoms with Crippen molar-refractivity contribution in [3.05, 3.63) is 42.7 Å². The lowest BCUT2D eigenvalue weighted by atomic mass is 10.1. The van der Waals surface area contributed by atoms with Gasteiger partial charge in [-0.3, -0.25) is 0 Å². The van der Waals surface area contributed by atoms with Gasteiger partial charge >= 0.3 is 0 Å². The quantitative estimate of drug-likeness (QED) is 0.784. The van der Waals surface area contributed by atoms with Gasteiger partial charge in [0.05, 0.1) is 5.69 Å². The lowest BCUT2D eigenvalue weighted by Gasteiger charge is -2.15. The molecule has 0 amide bonds. The molecule has 1 aliphatic rings. The van der Waals surface area contributed by atoms with E-state index in [1.54, 1.807) is 10.8 Å². The Morgan fingerprint density at radius 3 is 2.82 bits per heavy atom. The van der Waals surface area contributed by atoms with Crippen LogP contribution in [0.5, 0.6) is 0 Å². The fraction of sp³-hybridized carbons (Fsp3) is 0.312. The van der Waals surface area contributed by atoms with Crippen molar-refractivity contribution in [3.63, 3.8) is 0 Å². The molecule has 4 rings (SSSR count). The molecule has 0 unspecified atom stereocenters. The van der Waals surface area contributed by atoms with Crippen molar-refractivity contribution >= 4 is 23.4 Å². The lowest BCUT2D eigenvalue weighted by molar-refractivity contribution is 0.891. The molecule has 1 N–H and O–H groups in total. The molecule has 22 heavy (non-hydrogen) atoms. The first kappa shape index (κ1) is 13.6. The maximum absolute atomic E-state index is 4.59. The van der Waals surface area contributed by atoms with Gasteiger partial charge in [0.25, 0.3) is 5.78 Å². The Labute approximate surface area is 133 Å². The van der Waals surface area contributed by atoms with Gasteiger partial charge in [0.15, 0.2) is 0 Å². The number of nitrogens with zero attached hydrogens (tertiary/aromatic N) is 4. The number of benzene rings is 1. The van der Waals surface area contributed by atoms with Crippen LogP contribution in [0.1, 0.15) is 12.8 Å². The van der Waals surface area contributed by atoms with E-state index >= 15 is 0 Å². The summed E-state index contributed by atoms with van der Waals surface area (Å²) in [7, 11) is 0. The first-order valence-corrected chi connectivity index (χ1v) is 8.57. The van der Waals surface area contributed by atoms with Crippen LogP contribution in [0.15, 0.2) is 42.7 Å². The number of nitrogens with one attached hydrogen (secondary N) is 1. The van der Waals surface area contributed by atoms with Gasteiger partial charge in [-0.15, -0.1) is 0 Å². The second-order valence-electron chi connectivity index (χ2n) is 5.61. The van der Waals surface area contributed by atoms with Gasteiger partial charge in [0, 0.05) is 22.9 Å². The largest absolute Gasteiger partial charge is 0.368 e. The Hall–Kier alpha value is -2.08. The molecule has 5 nitrogen and oxygen atoms in total. The summed E-state index contributed by atoms with van der Waals surface area (Å²) in [6.07, 6.45) is 6.28. The van der Waals surface area contributed by atoms with Crippen LogP contribution in [0.4, 0.5) is 5.82 Å². The van der Waals surface area contributed by atoms with Crippen LogP contribution >= 0.6 is 11.8 Å². The second kappa shape index (κ2) is 5.28. The van der Waals surface area contributed by atoms with Crippen molar-refractivity contribution in [1.82, 2.24) is 19.6 Å². The predicted octanol–water partition coefficient (Wildman–Crippen LogP) is 3.10. The molecular formula is C16H17N5S. The minimum atomic E-state index is 0.392. The third-order valence-electron chi connectivity index (χ3n) is 4.15. The highest BCUT2D eigenvalue weighted by Crippen LogP contribution is 2.47. The van der Waals surface area contributed by atoms with Crippen molar-refractivity contribution in [2.75, 3.05) is 18.1 Å². The zero-order valence-corrected chi connectivity index (χ0v) is 13.2. The smallest absolute Gasteiger partial charge is 0.254 e. The van der Waals surface area contributed by atoms with E-state index in [9.17, 15) is 0 Å². The average molecular weight is 311 g/mol. The monoisotopic (exact) mass is 311 g/mol. The van der Waals surface area contributed by atoms with Crippen LogP contribution in [-0.4, -0.2) is 37.1 Å². The summed E-state index contributed by atoms with van der Waals surface area (Å²) in [6, 6.07) is 12.2. The summed E-state index contributed by atoms with van der Waals surface area (Å²) < 4.78 is 2.16. The third kappa shape index (κ3) is 2.43. The van der Waals surface area contributed by atoms with Crippen LogP contribution in [0.25, 0.3) is 17.0 Å². The summed E-state index contributed by atoms with van der Waals surface area (Å²) in [4.78, 5) is 8.83. The van der Waals surface area contributed by atoms with Crippen LogP contribution in [-0.2, 0) is 0 Å². The van der Waals surface area contributed by atoms with Gasteiger partial charge in [-0.25, -0.2) is 4.98 Å². The fourth-order valence-electron chi connectivity index (χ4n) is 2.54. The van der Waals surface area contributed by atoms with E-state index in [-0.39, 0.29) is 0 Å². The summed E-state index contributed by atoms with van der Waals surface area (Å²) >= 11 is 1.94. The molecule has 0 bridgehead atoms. The molecule has 2 aromatic heterocycles. The SMILES string of the molecule is CSC1(CNc2cc(-c3ccccc3)nc3ncnn23)CC1. The van der Waals surface area contributed by atoms with E-state index in [1.165, 1.54) is 12.8 Å². The van der Waals surface area contributed by atoms with Crippen LogP contribution in [0.2, 0.25) is 0 Å².